The summed E-state index contributed by atoms with van der Waals surface area (Å²) in [5.41, 5.74) is 1.29. The number of likely N-dealkylation sites (tertiary alicyclic amines) is 1. The molecular weight excluding hydrogens is 841 g/mol. The number of carbonyl (C=O) groups is 3. The molecule has 62 heavy (non-hydrogen) atoms. The van der Waals surface area contributed by atoms with E-state index in [2.05, 4.69) is 5.16 Å². The molecule has 332 valence electrons. The number of rotatable bonds is 13. The van der Waals surface area contributed by atoms with Crippen molar-refractivity contribution in [3.05, 3.63) is 105 Å². The van der Waals surface area contributed by atoms with Gasteiger partial charge in [-0.25, -0.2) is 18.4 Å². The molecule has 3 aromatic carbocycles. The molecule has 1 aliphatic heterocycles. The number of hydrogen-bond donors (Lipinski definition) is 0. The Labute approximate surface area is 371 Å². The minimum absolute atomic E-state index is 0.0399. The molecule has 3 amide bonds. The molecule has 1 saturated heterocycles. The number of nitrogens with zero attached hydrogens (tertiary/aromatic N) is 4. The molecule has 11 nitrogen and oxygen atoms in total. The van der Waals surface area contributed by atoms with Crippen LogP contribution in [0.1, 0.15) is 102 Å². The minimum Gasteiger partial charge on any atom is -0.486 e. The zero-order chi connectivity index (χ0) is 44.5. The summed E-state index contributed by atoms with van der Waals surface area (Å²) in [6.45, 7) is 12.4. The van der Waals surface area contributed by atoms with Crippen molar-refractivity contribution in [2.75, 3.05) is 19.6 Å². The van der Waals surface area contributed by atoms with E-state index in [1.807, 2.05) is 81.7 Å². The van der Waals surface area contributed by atoms with Crippen molar-refractivity contribution in [3.8, 4) is 17.0 Å². The van der Waals surface area contributed by atoms with E-state index < -0.39 is 39.9 Å². The van der Waals surface area contributed by atoms with Crippen molar-refractivity contribution in [2.24, 2.45) is 5.92 Å². The fraction of sp³-hybridized carbons (Fsp3) is 0.489. The number of hydrogen-bond acceptors (Lipinski definition) is 8. The second kappa shape index (κ2) is 18.5. The molecule has 3 aliphatic rings. The maximum absolute atomic E-state index is 14.9. The van der Waals surface area contributed by atoms with Gasteiger partial charge in [0.1, 0.15) is 40.9 Å². The van der Waals surface area contributed by atoms with E-state index >= 15 is 0 Å². The van der Waals surface area contributed by atoms with Gasteiger partial charge in [0.15, 0.2) is 5.76 Å². The van der Waals surface area contributed by atoms with Crippen LogP contribution in [0.5, 0.6) is 5.75 Å². The Hall–Kier alpha value is -4.88. The second-order valence-electron chi connectivity index (χ2n) is 18.5. The van der Waals surface area contributed by atoms with Crippen LogP contribution in [0.15, 0.2) is 65.2 Å². The standard InChI is InChI=1S/C47H54Cl2F2N4O7/c1-46(2,3)60-44(57)53-21-20-35(29-8-14-33(15-9-29)59-27-34-24-40(52-62-34)41-38(50)17-18-39(51)42(41)49)36(26-53)43(56)55(32-12-13-32)25-30-23-28(7-16-37(30)48)19-22-54(31-10-11-31)45(58)61-47(4,5)6/h7-9,14-18,23-24,31-32,35-36H,10-13,19-22,25-27H2,1-6H3. The number of aromatic nitrogens is 1. The molecule has 4 aromatic rings. The molecule has 15 heteroatoms. The molecule has 2 aliphatic carbocycles. The van der Waals surface area contributed by atoms with Gasteiger partial charge >= 0.3 is 12.2 Å². The van der Waals surface area contributed by atoms with E-state index in [1.54, 1.807) is 17.0 Å². The predicted octanol–water partition coefficient (Wildman–Crippen LogP) is 11.0. The van der Waals surface area contributed by atoms with Gasteiger partial charge in [-0.05, 0) is 133 Å². The van der Waals surface area contributed by atoms with Crippen molar-refractivity contribution >= 4 is 41.3 Å². The molecule has 2 saturated carbocycles. The van der Waals surface area contributed by atoms with Crippen molar-refractivity contribution in [1.82, 2.24) is 19.9 Å². The third kappa shape index (κ3) is 11.4. The van der Waals surface area contributed by atoms with E-state index in [0.717, 1.165) is 54.5 Å². The molecule has 0 spiro atoms. The topological polar surface area (TPSA) is 115 Å². The van der Waals surface area contributed by atoms with E-state index in [0.29, 0.717) is 43.2 Å². The Bertz CT molecular complexity index is 2270. The number of amides is 3. The average Bonchev–Trinajstić information content (AvgIpc) is 4.16. The molecule has 2 unspecified atom stereocenters. The number of piperidine rings is 1. The van der Waals surface area contributed by atoms with Crippen LogP contribution >= 0.6 is 23.2 Å². The smallest absolute Gasteiger partial charge is 0.410 e. The fourth-order valence-electron chi connectivity index (χ4n) is 7.77. The summed E-state index contributed by atoms with van der Waals surface area (Å²) in [5, 5.41) is 4.02. The van der Waals surface area contributed by atoms with Crippen LogP contribution < -0.4 is 4.74 Å². The number of ether oxygens (including phenoxy) is 3. The van der Waals surface area contributed by atoms with Crippen molar-refractivity contribution < 1.29 is 41.9 Å². The molecular formula is C47H54Cl2F2N4O7. The Balaban J connectivity index is 1.07. The lowest BCUT2D eigenvalue weighted by Crippen LogP contribution is -2.51. The highest BCUT2D eigenvalue weighted by atomic mass is 35.5. The van der Waals surface area contributed by atoms with E-state index in [1.165, 1.54) is 6.07 Å². The Kier molecular flexibility index (Phi) is 13.4. The van der Waals surface area contributed by atoms with E-state index in [4.69, 9.17) is 41.9 Å². The monoisotopic (exact) mass is 894 g/mol. The van der Waals surface area contributed by atoms with Gasteiger partial charge in [-0.2, -0.15) is 0 Å². The first-order chi connectivity index (χ1) is 29.3. The highest BCUT2D eigenvalue weighted by Crippen LogP contribution is 2.40. The van der Waals surface area contributed by atoms with Crippen molar-refractivity contribution in [3.63, 3.8) is 0 Å². The normalized spacial score (nSPS) is 18.0. The quantitative estimate of drug-likeness (QED) is 0.122. The van der Waals surface area contributed by atoms with Gasteiger partial charge in [-0.15, -0.1) is 0 Å². The van der Waals surface area contributed by atoms with Crippen LogP contribution in [0, 0.1) is 17.6 Å². The van der Waals surface area contributed by atoms with Gasteiger partial charge in [0.05, 0.1) is 16.5 Å². The first kappa shape index (κ1) is 45.2. The van der Waals surface area contributed by atoms with Crippen LogP contribution in [-0.2, 0) is 33.8 Å². The first-order valence-corrected chi connectivity index (χ1v) is 22.0. The maximum Gasteiger partial charge on any atom is 0.410 e. The van der Waals surface area contributed by atoms with E-state index in [-0.39, 0.29) is 60.2 Å². The summed E-state index contributed by atoms with van der Waals surface area (Å²) >= 11 is 12.8. The maximum atomic E-state index is 14.9. The second-order valence-corrected chi connectivity index (χ2v) is 19.2. The summed E-state index contributed by atoms with van der Waals surface area (Å²) in [4.78, 5) is 46.8. The Morgan fingerprint density at radius 3 is 2.16 bits per heavy atom. The van der Waals surface area contributed by atoms with Crippen LogP contribution in [0.2, 0.25) is 10.0 Å². The predicted molar refractivity (Wildman–Crippen MR) is 231 cm³/mol. The van der Waals surface area contributed by atoms with Gasteiger partial charge in [-0.3, -0.25) is 4.79 Å². The number of halogens is 4. The summed E-state index contributed by atoms with van der Waals surface area (Å²) in [6, 6.07) is 16.9. The van der Waals surface area contributed by atoms with Gasteiger partial charge in [0.2, 0.25) is 5.91 Å². The van der Waals surface area contributed by atoms with Crippen LogP contribution in [0.25, 0.3) is 11.3 Å². The molecule has 3 fully saturated rings. The van der Waals surface area contributed by atoms with Crippen LogP contribution in [0.3, 0.4) is 0 Å². The zero-order valence-corrected chi connectivity index (χ0v) is 37.5. The lowest BCUT2D eigenvalue weighted by molar-refractivity contribution is -0.139. The molecule has 2 atom stereocenters. The molecule has 7 rings (SSSR count). The lowest BCUT2D eigenvalue weighted by Gasteiger charge is -2.40. The van der Waals surface area contributed by atoms with Crippen LogP contribution in [-0.4, -0.2) is 80.9 Å². The molecule has 0 N–H and O–H groups in total. The number of benzene rings is 3. The minimum atomic E-state index is -0.775. The largest absolute Gasteiger partial charge is 0.486 e. The molecule has 0 bridgehead atoms. The summed E-state index contributed by atoms with van der Waals surface area (Å²) in [5.74, 6) is -1.58. The van der Waals surface area contributed by atoms with Crippen molar-refractivity contribution in [1.29, 1.82) is 0 Å². The Morgan fingerprint density at radius 1 is 0.839 bits per heavy atom. The van der Waals surface area contributed by atoms with Gasteiger partial charge in [0.25, 0.3) is 0 Å². The summed E-state index contributed by atoms with van der Waals surface area (Å²) in [6.07, 6.45) is 4.01. The van der Waals surface area contributed by atoms with Gasteiger partial charge in [-0.1, -0.05) is 52.6 Å². The summed E-state index contributed by atoms with van der Waals surface area (Å²) < 4.78 is 51.3. The highest BCUT2D eigenvalue weighted by molar-refractivity contribution is 6.33. The first-order valence-electron chi connectivity index (χ1n) is 21.2. The van der Waals surface area contributed by atoms with Crippen molar-refractivity contribution in [2.45, 2.75) is 122 Å². The third-order valence-electron chi connectivity index (χ3n) is 11.1. The summed E-state index contributed by atoms with van der Waals surface area (Å²) in [7, 11) is 0. The van der Waals surface area contributed by atoms with Gasteiger partial charge in [0, 0.05) is 49.4 Å². The van der Waals surface area contributed by atoms with Gasteiger partial charge < -0.3 is 33.4 Å². The third-order valence-corrected chi connectivity index (χ3v) is 11.8. The highest BCUT2D eigenvalue weighted by Gasteiger charge is 2.43. The lowest BCUT2D eigenvalue weighted by atomic mass is 9.79. The molecule has 0 radical (unpaired) electrons. The van der Waals surface area contributed by atoms with Crippen LogP contribution in [0.4, 0.5) is 18.4 Å². The zero-order valence-electron chi connectivity index (χ0n) is 36.0. The SMILES string of the molecule is CC(C)(C)OC(=O)N1CCC(c2ccc(OCc3cc(-c4c(F)ccc(F)c4Cl)no3)cc2)C(C(=O)N(Cc2cc(CCN(C(=O)OC(C)(C)C)C3CC3)ccc2Cl)C2CC2)C1. The number of carbonyl (C=O) groups excluding carboxylic acids is 3. The van der Waals surface area contributed by atoms with E-state index in [9.17, 15) is 23.2 Å². The fourth-order valence-corrected chi connectivity index (χ4v) is 8.20. The Morgan fingerprint density at radius 2 is 1.50 bits per heavy atom. The average molecular weight is 896 g/mol. The molecule has 1 aromatic heterocycles. The molecule has 2 heterocycles.